The van der Waals surface area contributed by atoms with Crippen LogP contribution in [0.3, 0.4) is 0 Å². The second-order valence-corrected chi connectivity index (χ2v) is 6.85. The average Bonchev–Trinajstić information content (AvgIpc) is 3.07. The minimum Gasteiger partial charge on any atom is -0.302 e. The normalized spacial score (nSPS) is 10.8. The molecular formula is C19H17F2N3OS. The number of anilines is 2. The molecule has 7 heteroatoms. The number of nitrogens with zero attached hydrogens (tertiary/aromatic N) is 1. The van der Waals surface area contributed by atoms with Crippen molar-refractivity contribution >= 4 is 28.2 Å². The van der Waals surface area contributed by atoms with Gasteiger partial charge in [-0.05, 0) is 23.6 Å². The van der Waals surface area contributed by atoms with Gasteiger partial charge in [0.2, 0.25) is 0 Å². The summed E-state index contributed by atoms with van der Waals surface area (Å²) in [5.74, 6) is -1.24. The highest BCUT2D eigenvalue weighted by atomic mass is 32.1. The lowest BCUT2D eigenvalue weighted by Gasteiger charge is -2.07. The summed E-state index contributed by atoms with van der Waals surface area (Å²) in [6, 6.07) is 10.6. The first kappa shape index (κ1) is 18.0. The Labute approximate surface area is 153 Å². The number of urea groups is 1. The number of aromatic nitrogens is 1. The predicted octanol–water partition coefficient (Wildman–Crippen LogP) is 5.86. The standard InChI is InChI=1S/C19H17F2N3OS/c1-11(2)12-6-8-13(9-7-12)16-10-26-19(22-16)24-18(25)23-17-14(20)4-3-5-15(17)21/h3-11H,1-2H3,(H2,22,23,24,25). The Bertz CT molecular complexity index is 903. The van der Waals surface area contributed by atoms with E-state index in [1.165, 1.54) is 23.0 Å². The van der Waals surface area contributed by atoms with Gasteiger partial charge in [0.25, 0.3) is 0 Å². The minimum atomic E-state index is -0.842. The quantitative estimate of drug-likeness (QED) is 0.602. The van der Waals surface area contributed by atoms with Crippen LogP contribution in [0.2, 0.25) is 0 Å². The summed E-state index contributed by atoms with van der Waals surface area (Å²) in [4.78, 5) is 16.3. The summed E-state index contributed by atoms with van der Waals surface area (Å²) < 4.78 is 27.1. The van der Waals surface area contributed by atoms with E-state index >= 15 is 0 Å². The Kier molecular flexibility index (Phi) is 5.27. The van der Waals surface area contributed by atoms with Crippen LogP contribution in [0.1, 0.15) is 25.3 Å². The molecule has 1 heterocycles. The lowest BCUT2D eigenvalue weighted by Crippen LogP contribution is -2.20. The predicted molar refractivity (Wildman–Crippen MR) is 101 cm³/mol. The Morgan fingerprint density at radius 3 is 2.31 bits per heavy atom. The molecule has 2 N–H and O–H groups in total. The molecule has 2 aromatic carbocycles. The van der Waals surface area contributed by atoms with Gasteiger partial charge >= 0.3 is 6.03 Å². The first-order valence-electron chi connectivity index (χ1n) is 8.02. The molecule has 0 saturated heterocycles. The van der Waals surface area contributed by atoms with Gasteiger partial charge in [-0.25, -0.2) is 18.6 Å². The van der Waals surface area contributed by atoms with Crippen molar-refractivity contribution < 1.29 is 13.6 Å². The largest absolute Gasteiger partial charge is 0.325 e. The van der Waals surface area contributed by atoms with Gasteiger partial charge in [0.1, 0.15) is 17.3 Å². The number of carbonyl (C=O) groups is 1. The molecule has 0 atom stereocenters. The zero-order valence-corrected chi connectivity index (χ0v) is 15.0. The van der Waals surface area contributed by atoms with Crippen molar-refractivity contribution in [2.45, 2.75) is 19.8 Å². The molecule has 0 fully saturated rings. The van der Waals surface area contributed by atoms with Crippen molar-refractivity contribution in [3.05, 3.63) is 65.0 Å². The molecule has 134 valence electrons. The fourth-order valence-corrected chi connectivity index (χ4v) is 3.08. The van der Waals surface area contributed by atoms with Crippen LogP contribution in [0.15, 0.2) is 47.8 Å². The number of nitrogens with one attached hydrogen (secondary N) is 2. The van der Waals surface area contributed by atoms with Crippen LogP contribution in [0, 0.1) is 11.6 Å². The number of rotatable bonds is 4. The summed E-state index contributed by atoms with van der Waals surface area (Å²) in [5.41, 5.74) is 2.39. The zero-order chi connectivity index (χ0) is 18.7. The van der Waals surface area contributed by atoms with E-state index in [2.05, 4.69) is 29.5 Å². The molecule has 0 spiro atoms. The third kappa shape index (κ3) is 4.05. The maximum absolute atomic E-state index is 13.6. The van der Waals surface area contributed by atoms with Crippen LogP contribution >= 0.6 is 11.3 Å². The van der Waals surface area contributed by atoms with Crippen LogP contribution in [0.25, 0.3) is 11.3 Å². The topological polar surface area (TPSA) is 54.0 Å². The van der Waals surface area contributed by atoms with E-state index in [9.17, 15) is 13.6 Å². The summed E-state index contributed by atoms with van der Waals surface area (Å²) in [5, 5.41) is 6.80. The lowest BCUT2D eigenvalue weighted by atomic mass is 10.0. The number of thiazole rings is 1. The van der Waals surface area contributed by atoms with Gasteiger partial charge in [-0.3, -0.25) is 5.32 Å². The zero-order valence-electron chi connectivity index (χ0n) is 14.2. The molecule has 0 aliphatic heterocycles. The Morgan fingerprint density at radius 1 is 1.04 bits per heavy atom. The molecule has 2 amide bonds. The number of hydrogen-bond acceptors (Lipinski definition) is 3. The van der Waals surface area contributed by atoms with E-state index in [4.69, 9.17) is 0 Å². The SMILES string of the molecule is CC(C)c1ccc(-c2csc(NC(=O)Nc3c(F)cccc3F)n2)cc1. The van der Waals surface area contributed by atoms with Crippen LogP contribution in [-0.2, 0) is 0 Å². The van der Waals surface area contributed by atoms with Crippen LogP contribution in [0.4, 0.5) is 24.4 Å². The fourth-order valence-electron chi connectivity index (χ4n) is 2.36. The third-order valence-electron chi connectivity index (χ3n) is 3.80. The number of amides is 2. The summed E-state index contributed by atoms with van der Waals surface area (Å²) in [7, 11) is 0. The molecular weight excluding hydrogens is 356 g/mol. The summed E-state index contributed by atoms with van der Waals surface area (Å²) in [6.45, 7) is 4.24. The van der Waals surface area contributed by atoms with E-state index in [1.54, 1.807) is 0 Å². The Balaban J connectivity index is 1.69. The van der Waals surface area contributed by atoms with Crippen LogP contribution in [0.5, 0.6) is 0 Å². The van der Waals surface area contributed by atoms with Gasteiger partial charge in [0, 0.05) is 10.9 Å². The molecule has 4 nitrogen and oxygen atoms in total. The first-order chi connectivity index (χ1) is 12.4. The van der Waals surface area contributed by atoms with Crippen molar-refractivity contribution in [3.63, 3.8) is 0 Å². The van der Waals surface area contributed by atoms with Gasteiger partial charge in [0.15, 0.2) is 5.13 Å². The highest BCUT2D eigenvalue weighted by Crippen LogP contribution is 2.27. The Hall–Kier alpha value is -2.80. The smallest absolute Gasteiger partial charge is 0.302 e. The maximum Gasteiger partial charge on any atom is 0.325 e. The molecule has 1 aromatic heterocycles. The van der Waals surface area contributed by atoms with Crippen molar-refractivity contribution in [2.24, 2.45) is 0 Å². The van der Waals surface area contributed by atoms with Gasteiger partial charge < -0.3 is 5.32 Å². The van der Waals surface area contributed by atoms with E-state index in [-0.39, 0.29) is 0 Å². The van der Waals surface area contributed by atoms with E-state index in [0.717, 1.165) is 23.4 Å². The van der Waals surface area contributed by atoms with Gasteiger partial charge in [-0.2, -0.15) is 0 Å². The number of hydrogen-bond donors (Lipinski definition) is 2. The minimum absolute atomic E-state index is 0.335. The molecule has 0 saturated carbocycles. The van der Waals surface area contributed by atoms with E-state index in [1.807, 2.05) is 29.6 Å². The number of halogens is 2. The Morgan fingerprint density at radius 2 is 1.69 bits per heavy atom. The average molecular weight is 373 g/mol. The molecule has 3 rings (SSSR count). The third-order valence-corrected chi connectivity index (χ3v) is 4.56. The maximum atomic E-state index is 13.6. The lowest BCUT2D eigenvalue weighted by molar-refractivity contribution is 0.262. The van der Waals surface area contributed by atoms with Gasteiger partial charge in [-0.1, -0.05) is 44.2 Å². The first-order valence-corrected chi connectivity index (χ1v) is 8.90. The van der Waals surface area contributed by atoms with Crippen molar-refractivity contribution in [1.29, 1.82) is 0 Å². The summed E-state index contributed by atoms with van der Waals surface area (Å²) >= 11 is 1.23. The molecule has 0 bridgehead atoms. The highest BCUT2D eigenvalue weighted by Gasteiger charge is 2.13. The van der Waals surface area contributed by atoms with Crippen molar-refractivity contribution in [3.8, 4) is 11.3 Å². The molecule has 0 aliphatic rings. The molecule has 0 unspecified atom stereocenters. The monoisotopic (exact) mass is 373 g/mol. The van der Waals surface area contributed by atoms with Gasteiger partial charge in [0.05, 0.1) is 5.69 Å². The number of para-hydroxylation sites is 1. The van der Waals surface area contributed by atoms with Crippen LogP contribution in [-0.4, -0.2) is 11.0 Å². The molecule has 0 aliphatic carbocycles. The molecule has 26 heavy (non-hydrogen) atoms. The number of benzene rings is 2. The molecule has 3 aromatic rings. The van der Waals surface area contributed by atoms with E-state index in [0.29, 0.717) is 11.0 Å². The fraction of sp³-hybridized carbons (Fsp3) is 0.158. The van der Waals surface area contributed by atoms with Crippen molar-refractivity contribution in [2.75, 3.05) is 10.6 Å². The van der Waals surface area contributed by atoms with Crippen molar-refractivity contribution in [1.82, 2.24) is 4.98 Å². The number of carbonyl (C=O) groups excluding carboxylic acids is 1. The second kappa shape index (κ2) is 7.61. The van der Waals surface area contributed by atoms with E-state index < -0.39 is 23.4 Å². The highest BCUT2D eigenvalue weighted by molar-refractivity contribution is 7.14. The summed E-state index contributed by atoms with van der Waals surface area (Å²) in [6.07, 6.45) is 0. The van der Waals surface area contributed by atoms with Gasteiger partial charge in [-0.15, -0.1) is 11.3 Å². The van der Waals surface area contributed by atoms with Crippen LogP contribution < -0.4 is 10.6 Å². The second-order valence-electron chi connectivity index (χ2n) is 5.99. The molecule has 0 radical (unpaired) electrons.